The Labute approximate surface area is 177 Å². The van der Waals surface area contributed by atoms with Gasteiger partial charge in [0.25, 0.3) is 0 Å². The minimum Gasteiger partial charge on any atom is -0.463 e. The molecule has 0 unspecified atom stereocenters. The summed E-state index contributed by atoms with van der Waals surface area (Å²) >= 11 is 0.976. The van der Waals surface area contributed by atoms with Gasteiger partial charge < -0.3 is 35.2 Å². The molecular weight excluding hydrogens is 424 g/mol. The van der Waals surface area contributed by atoms with Crippen LogP contribution in [0.5, 0.6) is 0 Å². The number of esters is 4. The minimum atomic E-state index is -1.27. The number of thioether (sulfide) groups is 1. The van der Waals surface area contributed by atoms with Gasteiger partial charge in [0.2, 0.25) is 5.91 Å². The lowest BCUT2D eigenvalue weighted by molar-refractivity contribution is -0.237. The molecule has 12 nitrogen and oxygen atoms in total. The van der Waals surface area contributed by atoms with Crippen LogP contribution in [0.2, 0.25) is 0 Å². The SMILES string of the molecule is CC(=O)OC[C@H]1O[C@@H](SC[C@H](N)C(N)=O)[C@H](OC(C)=O)[C@@H](OC(C)=O)[C@@H]1OC(C)=O. The molecular formula is C17H26N2O10S. The lowest BCUT2D eigenvalue weighted by atomic mass is 9.99. The number of carbonyl (C=O) groups excluding carboxylic acids is 5. The third-order valence-corrected chi connectivity index (χ3v) is 5.01. The van der Waals surface area contributed by atoms with E-state index in [0.29, 0.717) is 0 Å². The third-order valence-electron chi connectivity index (χ3n) is 3.75. The molecule has 0 aromatic carbocycles. The summed E-state index contributed by atoms with van der Waals surface area (Å²) in [6.45, 7) is 4.22. The van der Waals surface area contributed by atoms with Crippen LogP contribution in [0.3, 0.4) is 0 Å². The Morgan fingerprint density at radius 2 is 1.37 bits per heavy atom. The van der Waals surface area contributed by atoms with Crippen molar-refractivity contribution in [2.24, 2.45) is 11.5 Å². The van der Waals surface area contributed by atoms with E-state index in [1.54, 1.807) is 0 Å². The van der Waals surface area contributed by atoms with Crippen molar-refractivity contribution in [3.8, 4) is 0 Å². The van der Waals surface area contributed by atoms with E-state index >= 15 is 0 Å². The monoisotopic (exact) mass is 450 g/mol. The summed E-state index contributed by atoms with van der Waals surface area (Å²) < 4.78 is 26.6. The van der Waals surface area contributed by atoms with Crippen molar-refractivity contribution in [2.75, 3.05) is 12.4 Å². The van der Waals surface area contributed by atoms with Gasteiger partial charge in [-0.25, -0.2) is 0 Å². The molecule has 0 radical (unpaired) electrons. The van der Waals surface area contributed by atoms with Crippen molar-refractivity contribution in [3.63, 3.8) is 0 Å². The van der Waals surface area contributed by atoms with Gasteiger partial charge in [-0.05, 0) is 0 Å². The van der Waals surface area contributed by atoms with Crippen LogP contribution in [0.15, 0.2) is 0 Å². The van der Waals surface area contributed by atoms with Crippen LogP contribution in [-0.2, 0) is 47.7 Å². The summed E-state index contributed by atoms with van der Waals surface area (Å²) in [5.41, 5.74) is 9.79. The number of nitrogens with two attached hydrogens (primary N) is 2. The molecule has 1 aliphatic heterocycles. The van der Waals surface area contributed by atoms with Gasteiger partial charge in [-0.1, -0.05) is 0 Å². The fourth-order valence-electron chi connectivity index (χ4n) is 2.60. The fourth-order valence-corrected chi connectivity index (χ4v) is 3.79. The number of carbonyl (C=O) groups is 5. The zero-order valence-corrected chi connectivity index (χ0v) is 17.8. The van der Waals surface area contributed by atoms with Crippen molar-refractivity contribution in [1.29, 1.82) is 0 Å². The summed E-state index contributed by atoms with van der Waals surface area (Å²) in [5, 5.41) is 0. The second kappa shape index (κ2) is 11.7. The number of amides is 1. The average Bonchev–Trinajstić information content (AvgIpc) is 2.60. The molecule has 1 rings (SSSR count). The van der Waals surface area contributed by atoms with Crippen LogP contribution in [0.4, 0.5) is 0 Å². The Kier molecular flexibility index (Phi) is 10.0. The number of hydrogen-bond donors (Lipinski definition) is 2. The van der Waals surface area contributed by atoms with E-state index in [-0.39, 0.29) is 12.4 Å². The highest BCUT2D eigenvalue weighted by Crippen LogP contribution is 2.34. The summed E-state index contributed by atoms with van der Waals surface area (Å²) in [4.78, 5) is 57.4. The van der Waals surface area contributed by atoms with Gasteiger partial charge in [-0.2, -0.15) is 0 Å². The number of rotatable bonds is 9. The molecule has 1 fully saturated rings. The smallest absolute Gasteiger partial charge is 0.303 e. The number of hydrogen-bond acceptors (Lipinski definition) is 12. The van der Waals surface area contributed by atoms with Crippen LogP contribution < -0.4 is 11.5 Å². The molecule has 0 aliphatic carbocycles. The molecule has 30 heavy (non-hydrogen) atoms. The van der Waals surface area contributed by atoms with Gasteiger partial charge >= 0.3 is 23.9 Å². The Hall–Kier alpha value is -2.38. The van der Waals surface area contributed by atoms with E-state index in [4.69, 9.17) is 35.2 Å². The molecule has 4 N–H and O–H groups in total. The van der Waals surface area contributed by atoms with Crippen LogP contribution in [-0.4, -0.2) is 78.0 Å². The van der Waals surface area contributed by atoms with Crippen molar-refractivity contribution in [1.82, 2.24) is 0 Å². The van der Waals surface area contributed by atoms with Gasteiger partial charge in [0.15, 0.2) is 18.3 Å². The first-order valence-electron chi connectivity index (χ1n) is 8.89. The lowest BCUT2D eigenvalue weighted by Gasteiger charge is -2.44. The first-order valence-corrected chi connectivity index (χ1v) is 9.94. The van der Waals surface area contributed by atoms with E-state index in [1.165, 1.54) is 6.92 Å². The average molecular weight is 450 g/mol. The van der Waals surface area contributed by atoms with E-state index in [0.717, 1.165) is 32.5 Å². The topological polar surface area (TPSA) is 184 Å². The molecule has 0 saturated carbocycles. The lowest BCUT2D eigenvalue weighted by Crippen LogP contribution is -2.61. The zero-order valence-electron chi connectivity index (χ0n) is 17.0. The molecule has 13 heteroatoms. The maximum Gasteiger partial charge on any atom is 0.303 e. The van der Waals surface area contributed by atoms with Crippen LogP contribution in [0, 0.1) is 0 Å². The molecule has 0 spiro atoms. The minimum absolute atomic E-state index is 0.0108. The van der Waals surface area contributed by atoms with Gasteiger partial charge in [0.05, 0.1) is 6.04 Å². The first-order chi connectivity index (χ1) is 13.9. The molecule has 1 amide bonds. The van der Waals surface area contributed by atoms with Crippen molar-refractivity contribution >= 4 is 41.5 Å². The molecule has 0 bridgehead atoms. The van der Waals surface area contributed by atoms with E-state index in [9.17, 15) is 24.0 Å². The second-order valence-electron chi connectivity index (χ2n) is 6.41. The Morgan fingerprint density at radius 3 is 1.83 bits per heavy atom. The van der Waals surface area contributed by atoms with Crippen LogP contribution >= 0.6 is 11.8 Å². The molecule has 1 saturated heterocycles. The summed E-state index contributed by atoms with van der Waals surface area (Å²) in [6.07, 6.45) is -4.78. The zero-order chi connectivity index (χ0) is 23.0. The molecule has 1 aliphatic rings. The highest BCUT2D eigenvalue weighted by Gasteiger charge is 2.52. The number of ether oxygens (including phenoxy) is 5. The van der Waals surface area contributed by atoms with Crippen LogP contribution in [0.25, 0.3) is 0 Å². The summed E-state index contributed by atoms with van der Waals surface area (Å²) in [6, 6.07) is -1.03. The number of primary amides is 1. The maximum atomic E-state index is 11.7. The van der Waals surface area contributed by atoms with E-state index < -0.39 is 65.7 Å². The standard InChI is InChI=1S/C17H26N2O10S/c1-7(20)25-5-12-13(26-8(2)21)14(27-9(3)22)15(28-10(4)23)17(29-12)30-6-11(18)16(19)24/h11-15,17H,5-6,18H2,1-4H3,(H2,19,24)/t11-,12+,13+,14-,15+,17-/m0/s1. The predicted octanol–water partition coefficient (Wildman–Crippen LogP) is -1.38. The maximum absolute atomic E-state index is 11.7. The Bertz CT molecular complexity index is 673. The van der Waals surface area contributed by atoms with Crippen molar-refractivity contribution < 1.29 is 47.7 Å². The normalized spacial score (nSPS) is 26.8. The second-order valence-corrected chi connectivity index (χ2v) is 7.54. The highest BCUT2D eigenvalue weighted by molar-refractivity contribution is 7.99. The molecule has 170 valence electrons. The molecule has 0 aromatic rings. The van der Waals surface area contributed by atoms with Gasteiger partial charge in [0.1, 0.15) is 18.1 Å². The predicted molar refractivity (Wildman–Crippen MR) is 102 cm³/mol. The van der Waals surface area contributed by atoms with E-state index in [2.05, 4.69) is 0 Å². The largest absolute Gasteiger partial charge is 0.463 e. The molecule has 1 heterocycles. The third kappa shape index (κ3) is 8.16. The van der Waals surface area contributed by atoms with Gasteiger partial charge in [-0.3, -0.25) is 24.0 Å². The Balaban J connectivity index is 3.27. The quantitative estimate of drug-likeness (QED) is 0.310. The van der Waals surface area contributed by atoms with E-state index in [1.807, 2.05) is 0 Å². The van der Waals surface area contributed by atoms with Gasteiger partial charge in [-0.15, -0.1) is 11.8 Å². The molecule has 0 aromatic heterocycles. The van der Waals surface area contributed by atoms with Crippen LogP contribution in [0.1, 0.15) is 27.7 Å². The first kappa shape index (κ1) is 25.7. The summed E-state index contributed by atoms with van der Waals surface area (Å²) in [5.74, 6) is -3.56. The molecule has 6 atom stereocenters. The highest BCUT2D eigenvalue weighted by atomic mass is 32.2. The Morgan fingerprint density at radius 1 is 0.867 bits per heavy atom. The van der Waals surface area contributed by atoms with Crippen molar-refractivity contribution in [3.05, 3.63) is 0 Å². The summed E-state index contributed by atoms with van der Waals surface area (Å²) in [7, 11) is 0. The fraction of sp³-hybridized carbons (Fsp3) is 0.706. The van der Waals surface area contributed by atoms with Crippen molar-refractivity contribution in [2.45, 2.75) is 63.6 Å². The van der Waals surface area contributed by atoms with Gasteiger partial charge in [0, 0.05) is 33.4 Å².